The number of ether oxygens (including phenoxy) is 1. The molecule has 0 aliphatic carbocycles. The van der Waals surface area contributed by atoms with Gasteiger partial charge in [0, 0.05) is 49.6 Å². The molecule has 164 valence electrons. The Morgan fingerprint density at radius 2 is 1.94 bits per heavy atom. The third-order valence-corrected chi connectivity index (χ3v) is 6.46. The van der Waals surface area contributed by atoms with Crippen molar-refractivity contribution in [3.8, 4) is 5.88 Å². The van der Waals surface area contributed by atoms with E-state index in [-0.39, 0.29) is 12.5 Å². The van der Waals surface area contributed by atoms with E-state index in [1.807, 2.05) is 45.6 Å². The van der Waals surface area contributed by atoms with Gasteiger partial charge in [0.2, 0.25) is 5.88 Å². The Hall–Kier alpha value is -2.58. The third kappa shape index (κ3) is 5.02. The first kappa shape index (κ1) is 21.6. The highest BCUT2D eigenvalue weighted by molar-refractivity contribution is 7.99. The predicted molar refractivity (Wildman–Crippen MR) is 126 cm³/mol. The predicted octanol–water partition coefficient (Wildman–Crippen LogP) is 3.46. The van der Waals surface area contributed by atoms with E-state index in [1.54, 1.807) is 4.68 Å². The summed E-state index contributed by atoms with van der Waals surface area (Å²) in [6.07, 6.45) is 0. The number of rotatable bonds is 6. The van der Waals surface area contributed by atoms with Crippen LogP contribution in [0.15, 0.2) is 24.3 Å². The molecule has 1 amide bonds. The fourth-order valence-corrected chi connectivity index (χ4v) is 4.87. The Kier molecular flexibility index (Phi) is 6.48. The second kappa shape index (κ2) is 9.28. The van der Waals surface area contributed by atoms with Gasteiger partial charge in [0.05, 0.1) is 5.39 Å². The number of hydrogen-bond donors (Lipinski definition) is 1. The zero-order chi connectivity index (χ0) is 22.0. The van der Waals surface area contributed by atoms with Crippen molar-refractivity contribution in [3.05, 3.63) is 46.6 Å². The van der Waals surface area contributed by atoms with E-state index < -0.39 is 0 Å². The monoisotopic (exact) mass is 439 g/mol. The molecule has 1 N–H and O–H groups in total. The van der Waals surface area contributed by atoms with Crippen molar-refractivity contribution in [2.45, 2.75) is 27.3 Å². The lowest BCUT2D eigenvalue weighted by molar-refractivity contribution is -0.118. The maximum Gasteiger partial charge on any atom is 0.262 e. The summed E-state index contributed by atoms with van der Waals surface area (Å²) >= 11 is 2.01. The summed E-state index contributed by atoms with van der Waals surface area (Å²) in [6, 6.07) is 8.27. The topological polar surface area (TPSA) is 72.3 Å². The summed E-state index contributed by atoms with van der Waals surface area (Å²) in [5.74, 6) is 2.60. The highest BCUT2D eigenvalue weighted by Gasteiger charge is 2.16. The van der Waals surface area contributed by atoms with Gasteiger partial charge >= 0.3 is 0 Å². The number of thioether (sulfide) groups is 1. The number of amides is 1. The molecule has 4 rings (SSSR count). The summed E-state index contributed by atoms with van der Waals surface area (Å²) in [7, 11) is 1.83. The van der Waals surface area contributed by atoms with Gasteiger partial charge in [0.15, 0.2) is 12.3 Å². The van der Waals surface area contributed by atoms with Crippen molar-refractivity contribution < 1.29 is 9.53 Å². The average molecular weight is 440 g/mol. The lowest BCUT2D eigenvalue weighted by Crippen LogP contribution is -2.32. The number of nitrogens with one attached hydrogen (secondary N) is 1. The number of carbonyl (C=O) groups is 1. The molecule has 3 aromatic rings. The van der Waals surface area contributed by atoms with Crippen molar-refractivity contribution in [1.29, 1.82) is 0 Å². The summed E-state index contributed by atoms with van der Waals surface area (Å²) in [5.41, 5.74) is 5.79. The molecular formula is C23H29N5O2S. The molecule has 3 heterocycles. The molecule has 1 aliphatic rings. The fraction of sp³-hybridized carbons (Fsp3) is 0.435. The summed E-state index contributed by atoms with van der Waals surface area (Å²) in [4.78, 5) is 19.6. The van der Waals surface area contributed by atoms with Crippen LogP contribution in [0, 0.1) is 20.8 Å². The summed E-state index contributed by atoms with van der Waals surface area (Å²) in [5, 5.41) is 8.26. The molecule has 8 heteroatoms. The van der Waals surface area contributed by atoms with Gasteiger partial charge in [-0.1, -0.05) is 12.1 Å². The van der Waals surface area contributed by atoms with E-state index in [4.69, 9.17) is 4.74 Å². The molecule has 0 bridgehead atoms. The Morgan fingerprint density at radius 3 is 2.71 bits per heavy atom. The Balaban J connectivity index is 1.42. The molecule has 0 atom stereocenters. The molecule has 0 unspecified atom stereocenters. The van der Waals surface area contributed by atoms with Gasteiger partial charge in [-0.15, -0.1) is 5.10 Å². The van der Waals surface area contributed by atoms with Crippen LogP contribution in [-0.2, 0) is 18.4 Å². The lowest BCUT2D eigenvalue weighted by atomic mass is 10.1. The number of nitrogens with zero attached hydrogens (tertiary/aromatic N) is 4. The van der Waals surface area contributed by atoms with Gasteiger partial charge in [-0.2, -0.15) is 11.8 Å². The molecule has 0 radical (unpaired) electrons. The molecule has 1 aromatic carbocycles. The smallest absolute Gasteiger partial charge is 0.262 e. The Morgan fingerprint density at radius 1 is 1.16 bits per heavy atom. The number of hydrogen-bond acceptors (Lipinski definition) is 6. The molecule has 1 fully saturated rings. The summed E-state index contributed by atoms with van der Waals surface area (Å²) in [6.45, 7) is 8.98. The maximum atomic E-state index is 12.6. The highest BCUT2D eigenvalue weighted by Crippen LogP contribution is 2.27. The number of benzene rings is 1. The molecule has 0 saturated carbocycles. The van der Waals surface area contributed by atoms with E-state index in [0.717, 1.165) is 53.2 Å². The van der Waals surface area contributed by atoms with Gasteiger partial charge in [0.25, 0.3) is 5.91 Å². The number of aryl methyl sites for hydroxylation is 4. The van der Waals surface area contributed by atoms with Crippen molar-refractivity contribution >= 4 is 34.4 Å². The van der Waals surface area contributed by atoms with E-state index in [0.29, 0.717) is 5.88 Å². The van der Waals surface area contributed by atoms with Gasteiger partial charge < -0.3 is 10.1 Å². The number of aromatic nitrogens is 3. The molecular weight excluding hydrogens is 410 g/mol. The van der Waals surface area contributed by atoms with E-state index in [2.05, 4.69) is 38.5 Å². The van der Waals surface area contributed by atoms with Crippen LogP contribution in [0.25, 0.3) is 11.0 Å². The Labute approximate surface area is 187 Å². The van der Waals surface area contributed by atoms with Crippen molar-refractivity contribution in [2.75, 3.05) is 36.5 Å². The third-order valence-electron chi connectivity index (χ3n) is 5.51. The molecule has 7 nitrogen and oxygen atoms in total. The Bertz CT molecular complexity index is 1110. The normalized spacial score (nSPS) is 14.7. The van der Waals surface area contributed by atoms with Gasteiger partial charge in [-0.05, 0) is 49.6 Å². The van der Waals surface area contributed by atoms with Crippen molar-refractivity contribution in [1.82, 2.24) is 19.7 Å². The van der Waals surface area contributed by atoms with Crippen LogP contribution in [-0.4, -0.2) is 56.8 Å². The number of anilines is 1. The minimum Gasteiger partial charge on any atom is -0.466 e. The fourth-order valence-electron chi connectivity index (χ4n) is 3.89. The minimum absolute atomic E-state index is 0.105. The minimum atomic E-state index is -0.203. The zero-order valence-corrected chi connectivity index (χ0v) is 19.4. The first-order valence-corrected chi connectivity index (χ1v) is 11.7. The summed E-state index contributed by atoms with van der Waals surface area (Å²) < 4.78 is 7.48. The molecule has 31 heavy (non-hydrogen) atoms. The van der Waals surface area contributed by atoms with E-state index in [1.165, 1.54) is 17.1 Å². The lowest BCUT2D eigenvalue weighted by Gasteiger charge is -2.26. The molecule has 1 saturated heterocycles. The number of fused-ring (bicyclic) bond motifs is 1. The van der Waals surface area contributed by atoms with Gasteiger partial charge in [-0.25, -0.2) is 9.67 Å². The van der Waals surface area contributed by atoms with Crippen LogP contribution >= 0.6 is 11.8 Å². The number of carbonyl (C=O) groups excluding carboxylic acids is 1. The molecule has 1 aliphatic heterocycles. The highest BCUT2D eigenvalue weighted by atomic mass is 32.2. The van der Waals surface area contributed by atoms with Crippen molar-refractivity contribution in [2.24, 2.45) is 7.05 Å². The average Bonchev–Trinajstić information content (AvgIpc) is 3.05. The van der Waals surface area contributed by atoms with Crippen LogP contribution in [0.5, 0.6) is 5.88 Å². The van der Waals surface area contributed by atoms with Crippen molar-refractivity contribution in [3.63, 3.8) is 0 Å². The first-order valence-electron chi connectivity index (χ1n) is 10.5. The molecule has 2 aromatic heterocycles. The first-order chi connectivity index (χ1) is 14.9. The van der Waals surface area contributed by atoms with E-state index in [9.17, 15) is 4.79 Å². The maximum absolute atomic E-state index is 12.6. The largest absolute Gasteiger partial charge is 0.466 e. The van der Waals surface area contributed by atoms with E-state index >= 15 is 0 Å². The van der Waals surface area contributed by atoms with Crippen LogP contribution < -0.4 is 10.1 Å². The molecule has 0 spiro atoms. The second-order valence-corrected chi connectivity index (χ2v) is 9.31. The van der Waals surface area contributed by atoms with Crippen LogP contribution in [0.4, 0.5) is 5.69 Å². The second-order valence-electron chi connectivity index (χ2n) is 8.08. The van der Waals surface area contributed by atoms with Crippen LogP contribution in [0.1, 0.15) is 22.4 Å². The zero-order valence-electron chi connectivity index (χ0n) is 18.6. The number of pyridine rings is 1. The van der Waals surface area contributed by atoms with Crippen LogP contribution in [0.2, 0.25) is 0 Å². The van der Waals surface area contributed by atoms with Gasteiger partial charge in [-0.3, -0.25) is 9.69 Å². The standard InChI is InChI=1S/C23H29N5O2S/c1-15-5-6-18(13-28-7-9-31-10-8-28)12-19(15)25-20(29)14-30-23-21-16(2)11-17(3)24-22(21)27(4)26-23/h5-6,11-12H,7-10,13-14H2,1-4H3,(H,25,29). The SMILES string of the molecule is Cc1cc(C)c2c(OCC(=O)Nc3cc(CN4CCSCC4)ccc3C)nn(C)c2n1. The van der Waals surface area contributed by atoms with Crippen LogP contribution in [0.3, 0.4) is 0 Å². The van der Waals surface area contributed by atoms with Gasteiger partial charge in [0.1, 0.15) is 0 Å². The quantitative estimate of drug-likeness (QED) is 0.634.